The third-order valence-corrected chi connectivity index (χ3v) is 5.92. The predicted molar refractivity (Wildman–Crippen MR) is 99.3 cm³/mol. The second-order valence-corrected chi connectivity index (χ2v) is 8.55. The first-order valence-electron chi connectivity index (χ1n) is 8.37. The summed E-state index contributed by atoms with van der Waals surface area (Å²) < 4.78 is 64.4. The average molecular weight is 433 g/mol. The van der Waals surface area contributed by atoms with Gasteiger partial charge in [-0.25, -0.2) is 8.42 Å². The number of aryl methyl sites for hydroxylation is 1. The van der Waals surface area contributed by atoms with E-state index in [4.69, 9.17) is 0 Å². The lowest BCUT2D eigenvalue weighted by molar-refractivity contribution is -0.0425. The molecule has 13 heteroatoms. The Morgan fingerprint density at radius 2 is 1.93 bits per heavy atom. The van der Waals surface area contributed by atoms with Crippen LogP contribution >= 0.6 is 11.3 Å². The summed E-state index contributed by atoms with van der Waals surface area (Å²) in [6.07, 6.45) is 2.55. The Morgan fingerprint density at radius 3 is 2.54 bits per heavy atom. The maximum Gasteiger partial charge on any atom is 0.483 e. The van der Waals surface area contributed by atoms with Crippen LogP contribution in [0.2, 0.25) is 0 Å². The van der Waals surface area contributed by atoms with E-state index in [1.54, 1.807) is 6.07 Å². The van der Waals surface area contributed by atoms with Crippen molar-refractivity contribution in [3.63, 3.8) is 0 Å². The van der Waals surface area contributed by atoms with Crippen molar-refractivity contribution < 1.29 is 21.6 Å². The van der Waals surface area contributed by atoms with Crippen molar-refractivity contribution in [2.75, 3.05) is 18.0 Å². The summed E-state index contributed by atoms with van der Waals surface area (Å²) in [7, 11) is -5.72. The molecule has 0 saturated carbocycles. The van der Waals surface area contributed by atoms with Crippen LogP contribution in [0.3, 0.4) is 0 Å². The lowest BCUT2D eigenvalue weighted by Gasteiger charge is -2.27. The molecule has 0 bridgehead atoms. The molecule has 152 valence electrons. The van der Waals surface area contributed by atoms with Crippen LogP contribution in [0.25, 0.3) is 4.72 Å². The monoisotopic (exact) mass is 433 g/mol. The van der Waals surface area contributed by atoms with Crippen molar-refractivity contribution in [3.05, 3.63) is 27.9 Å². The van der Waals surface area contributed by atoms with Crippen molar-refractivity contribution in [1.29, 1.82) is 0 Å². The third-order valence-electron chi connectivity index (χ3n) is 3.94. The summed E-state index contributed by atoms with van der Waals surface area (Å²) in [5.74, 6) is 0. The Bertz CT molecular complexity index is 968. The van der Waals surface area contributed by atoms with Gasteiger partial charge in [0, 0.05) is 18.8 Å². The number of aromatic nitrogens is 2. The van der Waals surface area contributed by atoms with E-state index in [1.165, 1.54) is 23.5 Å². The zero-order chi connectivity index (χ0) is 20.4. The van der Waals surface area contributed by atoms with E-state index in [-0.39, 0.29) is 10.8 Å². The van der Waals surface area contributed by atoms with Crippen molar-refractivity contribution in [3.8, 4) is 0 Å². The third kappa shape index (κ3) is 4.58. The van der Waals surface area contributed by atoms with Crippen LogP contribution in [0, 0.1) is 0 Å². The number of nitrogens with zero attached hydrogens (tertiary/aromatic N) is 6. The smallest absolute Gasteiger partial charge is 0.483 e. The van der Waals surface area contributed by atoms with Crippen molar-refractivity contribution in [2.24, 2.45) is 10.2 Å². The molecule has 0 spiro atoms. The molecule has 1 aliphatic rings. The molecule has 3 rings (SSSR count). The van der Waals surface area contributed by atoms with Crippen molar-refractivity contribution in [1.82, 2.24) is 10.2 Å². The van der Waals surface area contributed by atoms with Gasteiger partial charge in [-0.15, -0.1) is 20.4 Å². The number of sulfonamides is 1. The highest BCUT2D eigenvalue weighted by Crippen LogP contribution is 2.42. The van der Waals surface area contributed by atoms with Crippen LogP contribution in [0.5, 0.6) is 0 Å². The fourth-order valence-electron chi connectivity index (χ4n) is 2.55. The molecule has 0 N–H and O–H groups in total. The van der Waals surface area contributed by atoms with Crippen LogP contribution in [-0.4, -0.2) is 37.2 Å². The zero-order valence-corrected chi connectivity index (χ0v) is 16.4. The van der Waals surface area contributed by atoms with Crippen LogP contribution in [0.4, 0.5) is 35.4 Å². The molecule has 8 nitrogen and oxygen atoms in total. The molecule has 1 aromatic carbocycles. The van der Waals surface area contributed by atoms with Gasteiger partial charge in [-0.05, 0) is 31.4 Å². The number of hydrogen-bond donors (Lipinski definition) is 0. The van der Waals surface area contributed by atoms with E-state index < -0.39 is 21.2 Å². The van der Waals surface area contributed by atoms with Gasteiger partial charge in [-0.2, -0.15) is 13.2 Å². The maximum atomic E-state index is 12.8. The first kappa shape index (κ1) is 20.5. The Hall–Kier alpha value is -2.28. The highest BCUT2D eigenvalue weighted by molar-refractivity contribution is 7.95. The van der Waals surface area contributed by atoms with Crippen LogP contribution in [-0.2, 0) is 16.4 Å². The number of azo groups is 1. The average Bonchev–Trinajstić information content (AvgIpc) is 3.31. The minimum Gasteiger partial charge on any atom is -0.568 e. The maximum absolute atomic E-state index is 12.8. The van der Waals surface area contributed by atoms with E-state index in [1.807, 2.05) is 11.8 Å². The fraction of sp³-hybridized carbons (Fsp3) is 0.467. The molecule has 1 aromatic heterocycles. The quantitative estimate of drug-likeness (QED) is 0.599. The molecule has 0 atom stereocenters. The highest BCUT2D eigenvalue weighted by atomic mass is 32.2. The van der Waals surface area contributed by atoms with Crippen LogP contribution in [0.1, 0.15) is 24.8 Å². The standard InChI is InChI=1S/C15H16F3N6O2S2/c1-2-13-20-22-14(27-13)21-19-11-6-5-10(24-7-3-4-8-24)9-12(11)23-28(25,26)15(16,17)18/h5-6,9H,2-4,7-8H2,1H3/q-1. The Balaban J connectivity index is 1.95. The molecule has 1 aliphatic heterocycles. The first-order chi connectivity index (χ1) is 13.2. The zero-order valence-electron chi connectivity index (χ0n) is 14.7. The number of halogens is 3. The number of alkyl halides is 3. The molecular weight excluding hydrogens is 417 g/mol. The summed E-state index contributed by atoms with van der Waals surface area (Å²) in [4.78, 5) is 1.94. The summed E-state index contributed by atoms with van der Waals surface area (Å²) >= 11 is 1.18. The van der Waals surface area contributed by atoms with E-state index in [0.29, 0.717) is 12.1 Å². The van der Waals surface area contributed by atoms with Gasteiger partial charge in [-0.3, -0.25) is 0 Å². The van der Waals surface area contributed by atoms with Gasteiger partial charge in [-0.1, -0.05) is 30.0 Å². The molecule has 2 aromatic rings. The Morgan fingerprint density at radius 1 is 1.21 bits per heavy atom. The second-order valence-electron chi connectivity index (χ2n) is 5.91. The molecule has 0 aliphatic carbocycles. The van der Waals surface area contributed by atoms with Gasteiger partial charge < -0.3 is 9.62 Å². The molecule has 2 heterocycles. The minimum absolute atomic E-state index is 0.107. The second kappa shape index (κ2) is 7.99. The van der Waals surface area contributed by atoms with Crippen LogP contribution in [0.15, 0.2) is 28.4 Å². The first-order valence-corrected chi connectivity index (χ1v) is 10.6. The lowest BCUT2D eigenvalue weighted by Crippen LogP contribution is -2.21. The van der Waals surface area contributed by atoms with E-state index >= 15 is 0 Å². The highest BCUT2D eigenvalue weighted by Gasteiger charge is 2.39. The van der Waals surface area contributed by atoms with Gasteiger partial charge in [0.1, 0.15) is 5.01 Å². The van der Waals surface area contributed by atoms with Gasteiger partial charge in [0.15, 0.2) is 10.0 Å². The number of anilines is 1. The Kier molecular flexibility index (Phi) is 5.84. The minimum atomic E-state index is -5.72. The summed E-state index contributed by atoms with van der Waals surface area (Å²) in [5, 5.41) is 16.3. The molecule has 0 radical (unpaired) electrons. The topological polar surface area (TPSA) is 102 Å². The van der Waals surface area contributed by atoms with Gasteiger partial charge in [0.2, 0.25) is 0 Å². The van der Waals surface area contributed by atoms with Crippen LogP contribution < -0.4 is 4.90 Å². The normalized spacial score (nSPS) is 15.5. The SMILES string of the molecule is CCc1nnc(N=Nc2ccc(N3CCCC3)cc2[N-]S(=O)(=O)C(F)(F)F)s1. The van der Waals surface area contributed by atoms with Crippen molar-refractivity contribution >= 4 is 43.6 Å². The predicted octanol–water partition coefficient (Wildman–Crippen LogP) is 4.97. The Labute approximate surface area is 163 Å². The molecular formula is C15H16F3N6O2S2-. The molecule has 1 fully saturated rings. The van der Waals surface area contributed by atoms with Gasteiger partial charge in [0.05, 0.1) is 5.69 Å². The molecule has 0 unspecified atom stereocenters. The molecule has 1 saturated heterocycles. The van der Waals surface area contributed by atoms with Gasteiger partial charge in [0.25, 0.3) is 5.13 Å². The molecule has 28 heavy (non-hydrogen) atoms. The van der Waals surface area contributed by atoms with E-state index in [2.05, 4.69) is 25.1 Å². The molecule has 0 amide bonds. The number of hydrogen-bond acceptors (Lipinski definition) is 8. The summed E-state index contributed by atoms with van der Waals surface area (Å²) in [6.45, 7) is 3.35. The van der Waals surface area contributed by atoms with E-state index in [9.17, 15) is 21.6 Å². The van der Waals surface area contributed by atoms with Gasteiger partial charge >= 0.3 is 5.51 Å². The number of benzene rings is 1. The number of rotatable bonds is 6. The van der Waals surface area contributed by atoms with E-state index in [0.717, 1.165) is 30.9 Å². The summed E-state index contributed by atoms with van der Waals surface area (Å²) in [5.41, 5.74) is -5.45. The fourth-order valence-corrected chi connectivity index (χ4v) is 3.66. The summed E-state index contributed by atoms with van der Waals surface area (Å²) in [6, 6.07) is 4.32. The lowest BCUT2D eigenvalue weighted by atomic mass is 10.2. The van der Waals surface area contributed by atoms with Crippen molar-refractivity contribution in [2.45, 2.75) is 31.7 Å². The largest absolute Gasteiger partial charge is 0.568 e.